The van der Waals surface area contributed by atoms with Gasteiger partial charge in [-0.2, -0.15) is 0 Å². The van der Waals surface area contributed by atoms with E-state index in [2.05, 4.69) is 46.7 Å². The summed E-state index contributed by atoms with van der Waals surface area (Å²) in [5.41, 5.74) is 4.71. The maximum Gasteiger partial charge on any atom is 0.133 e. The molecule has 4 nitrogen and oxygen atoms in total. The van der Waals surface area contributed by atoms with E-state index in [-0.39, 0.29) is 6.10 Å². The Bertz CT molecular complexity index is 876. The molecule has 0 bridgehead atoms. The van der Waals surface area contributed by atoms with E-state index in [1.165, 1.54) is 16.7 Å². The topological polar surface area (TPSA) is 54.4 Å². The van der Waals surface area contributed by atoms with Crippen LogP contribution in [0.3, 0.4) is 0 Å². The molecule has 2 N–H and O–H groups in total. The zero-order chi connectivity index (χ0) is 20.5. The molecule has 0 amide bonds. The predicted molar refractivity (Wildman–Crippen MR) is 118 cm³/mol. The minimum absolute atomic E-state index is 0.285. The molecule has 1 unspecified atom stereocenters. The number of aliphatic hydroxyl groups is 1. The Kier molecular flexibility index (Phi) is 7.79. The molecule has 1 aromatic heterocycles. The monoisotopic (exact) mass is 390 g/mol. The second kappa shape index (κ2) is 10.7. The Labute approximate surface area is 173 Å². The van der Waals surface area contributed by atoms with Crippen LogP contribution in [0.1, 0.15) is 30.9 Å². The fourth-order valence-electron chi connectivity index (χ4n) is 3.20. The zero-order valence-corrected chi connectivity index (χ0v) is 17.3. The van der Waals surface area contributed by atoms with Crippen LogP contribution < -0.4 is 10.1 Å². The third kappa shape index (κ3) is 6.14. The van der Waals surface area contributed by atoms with Gasteiger partial charge in [0.1, 0.15) is 11.5 Å². The summed E-state index contributed by atoms with van der Waals surface area (Å²) in [6.45, 7) is 2.97. The van der Waals surface area contributed by atoms with Gasteiger partial charge >= 0.3 is 0 Å². The van der Waals surface area contributed by atoms with E-state index in [0.717, 1.165) is 42.9 Å². The molecule has 3 rings (SSSR count). The van der Waals surface area contributed by atoms with Gasteiger partial charge in [0.15, 0.2) is 0 Å². The van der Waals surface area contributed by atoms with Crippen molar-refractivity contribution in [3.05, 3.63) is 78.1 Å². The number of aryl methyl sites for hydroxylation is 1. The normalized spacial score (nSPS) is 12.0. The number of rotatable bonds is 10. The van der Waals surface area contributed by atoms with Crippen LogP contribution in [-0.2, 0) is 12.8 Å². The number of likely N-dealkylation sites (N-methyl/N-ethyl adjacent to an activating group) is 1. The molecule has 0 radical (unpaired) electrons. The first-order valence-electron chi connectivity index (χ1n) is 10.3. The van der Waals surface area contributed by atoms with Gasteiger partial charge in [0, 0.05) is 18.0 Å². The highest BCUT2D eigenvalue weighted by Gasteiger charge is 2.08. The number of ether oxygens (including phenoxy) is 1. The van der Waals surface area contributed by atoms with Gasteiger partial charge in [-0.1, -0.05) is 43.3 Å². The molecule has 1 heterocycles. The van der Waals surface area contributed by atoms with Gasteiger partial charge in [0.2, 0.25) is 0 Å². The molecule has 0 saturated carbocycles. The maximum absolute atomic E-state index is 9.83. The van der Waals surface area contributed by atoms with Crippen molar-refractivity contribution in [1.82, 2.24) is 10.3 Å². The van der Waals surface area contributed by atoms with Crippen molar-refractivity contribution in [1.29, 1.82) is 0 Å². The molecular formula is C25H30N2O2. The van der Waals surface area contributed by atoms with Gasteiger partial charge in [0.25, 0.3) is 0 Å². The lowest BCUT2D eigenvalue weighted by atomic mass is 10.0. The number of hydrogen-bond donors (Lipinski definition) is 2. The van der Waals surface area contributed by atoms with E-state index < -0.39 is 0 Å². The Morgan fingerprint density at radius 2 is 1.66 bits per heavy atom. The summed E-state index contributed by atoms with van der Waals surface area (Å²) in [7, 11) is 1.97. The number of aromatic nitrogens is 1. The average Bonchev–Trinajstić information content (AvgIpc) is 2.78. The van der Waals surface area contributed by atoms with Crippen molar-refractivity contribution in [2.24, 2.45) is 0 Å². The lowest BCUT2D eigenvalue weighted by Gasteiger charge is -2.13. The van der Waals surface area contributed by atoms with Crippen LogP contribution in [0.4, 0.5) is 0 Å². The van der Waals surface area contributed by atoms with E-state index in [1.807, 2.05) is 38.4 Å². The Morgan fingerprint density at radius 1 is 0.966 bits per heavy atom. The van der Waals surface area contributed by atoms with Gasteiger partial charge in [0.05, 0.1) is 6.10 Å². The molecule has 4 heteroatoms. The molecule has 1 atom stereocenters. The molecule has 29 heavy (non-hydrogen) atoms. The molecule has 2 aromatic carbocycles. The third-order valence-electron chi connectivity index (χ3n) is 5.11. The summed E-state index contributed by atoms with van der Waals surface area (Å²) in [4.78, 5) is 4.20. The summed E-state index contributed by atoms with van der Waals surface area (Å²) in [6, 6.07) is 18.7. The summed E-state index contributed by atoms with van der Waals surface area (Å²) < 4.78 is 6.10. The van der Waals surface area contributed by atoms with Crippen LogP contribution in [0.15, 0.2) is 67.0 Å². The van der Waals surface area contributed by atoms with Crippen LogP contribution in [0, 0.1) is 0 Å². The number of aliphatic hydroxyl groups excluding tert-OH is 1. The SMILES string of the molecule is CCC(O)CCc1cnccc1Oc1ccc(-c2ccc(CCNC)cc2)cc1. The van der Waals surface area contributed by atoms with Crippen LogP contribution >= 0.6 is 0 Å². The molecule has 3 aromatic rings. The van der Waals surface area contributed by atoms with Crippen molar-refractivity contribution >= 4 is 0 Å². The number of pyridine rings is 1. The lowest BCUT2D eigenvalue weighted by Crippen LogP contribution is -2.10. The van der Waals surface area contributed by atoms with Crippen LogP contribution in [-0.4, -0.2) is 29.8 Å². The fourth-order valence-corrected chi connectivity index (χ4v) is 3.20. The number of hydrogen-bond acceptors (Lipinski definition) is 4. The van der Waals surface area contributed by atoms with E-state index in [9.17, 15) is 5.11 Å². The van der Waals surface area contributed by atoms with Crippen molar-refractivity contribution in [3.63, 3.8) is 0 Å². The molecule has 0 fully saturated rings. The van der Waals surface area contributed by atoms with Gasteiger partial charge in [-0.05, 0) is 74.2 Å². The first-order chi connectivity index (χ1) is 14.2. The number of benzene rings is 2. The summed E-state index contributed by atoms with van der Waals surface area (Å²) in [5.74, 6) is 1.59. The summed E-state index contributed by atoms with van der Waals surface area (Å²) in [6.07, 6.45) is 6.52. The van der Waals surface area contributed by atoms with Crippen LogP contribution in [0.5, 0.6) is 11.5 Å². The number of nitrogens with one attached hydrogen (secondary N) is 1. The first kappa shape index (κ1) is 21.0. The van der Waals surface area contributed by atoms with Gasteiger partial charge in [-0.25, -0.2) is 0 Å². The standard InChI is InChI=1S/C25H30N2O2/c1-3-23(28)11-8-22-18-27-17-15-25(22)29-24-12-9-21(10-13-24)20-6-4-19(5-7-20)14-16-26-2/h4-7,9-10,12-13,15,17-18,23,26,28H,3,8,11,14,16H2,1-2H3. The Hall–Kier alpha value is -2.69. The Balaban J connectivity index is 1.67. The minimum atomic E-state index is -0.285. The van der Waals surface area contributed by atoms with Crippen molar-refractivity contribution in [2.45, 2.75) is 38.7 Å². The molecule has 0 aliphatic carbocycles. The molecule has 0 spiro atoms. The van der Waals surface area contributed by atoms with Crippen LogP contribution in [0.25, 0.3) is 11.1 Å². The number of nitrogens with zero attached hydrogens (tertiary/aromatic N) is 1. The van der Waals surface area contributed by atoms with E-state index in [0.29, 0.717) is 6.42 Å². The fraction of sp³-hybridized carbons (Fsp3) is 0.320. The third-order valence-corrected chi connectivity index (χ3v) is 5.11. The molecule has 0 saturated heterocycles. The first-order valence-corrected chi connectivity index (χ1v) is 10.3. The molecule has 0 aliphatic rings. The highest BCUT2D eigenvalue weighted by Crippen LogP contribution is 2.28. The van der Waals surface area contributed by atoms with Gasteiger partial charge in [-0.15, -0.1) is 0 Å². The van der Waals surface area contributed by atoms with Crippen molar-refractivity contribution in [2.75, 3.05) is 13.6 Å². The van der Waals surface area contributed by atoms with Gasteiger partial charge in [-0.3, -0.25) is 4.98 Å². The van der Waals surface area contributed by atoms with E-state index in [4.69, 9.17) is 4.74 Å². The van der Waals surface area contributed by atoms with E-state index >= 15 is 0 Å². The minimum Gasteiger partial charge on any atom is -0.457 e. The maximum atomic E-state index is 9.83. The van der Waals surface area contributed by atoms with Crippen molar-refractivity contribution < 1.29 is 9.84 Å². The Morgan fingerprint density at radius 3 is 2.31 bits per heavy atom. The molecular weight excluding hydrogens is 360 g/mol. The summed E-state index contributed by atoms with van der Waals surface area (Å²) in [5, 5.41) is 13.0. The largest absolute Gasteiger partial charge is 0.457 e. The molecule has 0 aliphatic heterocycles. The van der Waals surface area contributed by atoms with Crippen molar-refractivity contribution in [3.8, 4) is 22.6 Å². The van der Waals surface area contributed by atoms with E-state index in [1.54, 1.807) is 6.20 Å². The smallest absolute Gasteiger partial charge is 0.133 e. The highest BCUT2D eigenvalue weighted by molar-refractivity contribution is 5.64. The zero-order valence-electron chi connectivity index (χ0n) is 17.3. The summed E-state index contributed by atoms with van der Waals surface area (Å²) >= 11 is 0. The second-order valence-electron chi connectivity index (χ2n) is 7.26. The van der Waals surface area contributed by atoms with Crippen LogP contribution in [0.2, 0.25) is 0 Å². The lowest BCUT2D eigenvalue weighted by molar-refractivity contribution is 0.160. The second-order valence-corrected chi connectivity index (χ2v) is 7.26. The van der Waals surface area contributed by atoms with Gasteiger partial charge < -0.3 is 15.2 Å². The predicted octanol–water partition coefficient (Wildman–Crippen LogP) is 5.01. The molecule has 152 valence electrons. The average molecular weight is 391 g/mol. The highest BCUT2D eigenvalue weighted by atomic mass is 16.5. The quantitative estimate of drug-likeness (QED) is 0.511.